The van der Waals surface area contributed by atoms with E-state index in [-0.39, 0.29) is 6.04 Å². The Morgan fingerprint density at radius 2 is 2.14 bits per heavy atom. The average Bonchev–Trinajstić information content (AvgIpc) is 2.93. The maximum absolute atomic E-state index is 5.99. The van der Waals surface area contributed by atoms with Gasteiger partial charge >= 0.3 is 0 Å². The minimum atomic E-state index is -0.0503. The van der Waals surface area contributed by atoms with Crippen molar-refractivity contribution in [2.24, 2.45) is 5.73 Å². The molecule has 3 nitrogen and oxygen atoms in total. The predicted octanol–water partition coefficient (Wildman–Crippen LogP) is 3.98. The lowest BCUT2D eigenvalue weighted by atomic mass is 10.1. The number of rotatable bonds is 4. The van der Waals surface area contributed by atoms with E-state index in [2.05, 4.69) is 28.1 Å². The number of fused-ring (bicyclic) bond motifs is 1. The molecular weight excluding hydrogens is 330 g/mol. The molecule has 1 unspecified atom stereocenters. The van der Waals surface area contributed by atoms with Crippen molar-refractivity contribution in [3.05, 3.63) is 57.6 Å². The zero-order valence-electron chi connectivity index (χ0n) is 11.9. The van der Waals surface area contributed by atoms with Gasteiger partial charge in [-0.25, -0.2) is 0 Å². The number of ether oxygens (including phenoxy) is 2. The average molecular weight is 348 g/mol. The molecule has 2 aromatic rings. The van der Waals surface area contributed by atoms with Gasteiger partial charge in [0, 0.05) is 28.1 Å². The zero-order chi connectivity index (χ0) is 14.8. The summed E-state index contributed by atoms with van der Waals surface area (Å²) in [7, 11) is 0. The van der Waals surface area contributed by atoms with Crippen LogP contribution in [0.5, 0.6) is 11.5 Å². The normalized spacial score (nSPS) is 14.4. The zero-order valence-corrected chi connectivity index (χ0v) is 13.5. The second-order valence-electron chi connectivity index (χ2n) is 5.27. The Hall–Kier alpha value is -1.52. The van der Waals surface area contributed by atoms with Crippen LogP contribution in [0.3, 0.4) is 0 Å². The van der Waals surface area contributed by atoms with E-state index >= 15 is 0 Å². The highest BCUT2D eigenvalue weighted by Crippen LogP contribution is 2.34. The van der Waals surface area contributed by atoms with Crippen LogP contribution >= 0.6 is 15.9 Å². The summed E-state index contributed by atoms with van der Waals surface area (Å²) in [5.74, 6) is 1.80. The van der Waals surface area contributed by atoms with Gasteiger partial charge in [0.05, 0.1) is 6.61 Å². The van der Waals surface area contributed by atoms with Crippen molar-refractivity contribution in [2.45, 2.75) is 26.0 Å². The van der Waals surface area contributed by atoms with Crippen molar-refractivity contribution in [1.29, 1.82) is 0 Å². The second kappa shape index (κ2) is 6.08. The molecule has 2 aromatic carbocycles. The van der Waals surface area contributed by atoms with E-state index in [1.54, 1.807) is 0 Å². The lowest BCUT2D eigenvalue weighted by Gasteiger charge is -2.15. The Labute approximate surface area is 133 Å². The third kappa shape index (κ3) is 3.06. The summed E-state index contributed by atoms with van der Waals surface area (Å²) in [5.41, 5.74) is 9.31. The van der Waals surface area contributed by atoms with Gasteiger partial charge in [0.25, 0.3) is 0 Å². The summed E-state index contributed by atoms with van der Waals surface area (Å²) < 4.78 is 12.8. The summed E-state index contributed by atoms with van der Waals surface area (Å²) in [6.45, 7) is 3.18. The van der Waals surface area contributed by atoms with Crippen LogP contribution in [0.2, 0.25) is 0 Å². The first kappa shape index (κ1) is 14.4. The molecule has 0 bridgehead atoms. The molecular formula is C17H18BrNO2. The van der Waals surface area contributed by atoms with E-state index in [1.165, 1.54) is 5.56 Å². The number of para-hydroxylation sites is 1. The van der Waals surface area contributed by atoms with Crippen LogP contribution in [-0.2, 0) is 13.0 Å². The molecule has 1 heterocycles. The molecule has 0 aromatic heterocycles. The summed E-state index contributed by atoms with van der Waals surface area (Å²) >= 11 is 3.55. The Morgan fingerprint density at radius 3 is 2.95 bits per heavy atom. The molecule has 1 aliphatic rings. The number of benzene rings is 2. The number of nitrogens with two attached hydrogens (primary N) is 1. The quantitative estimate of drug-likeness (QED) is 0.909. The first-order chi connectivity index (χ1) is 10.1. The lowest BCUT2D eigenvalue weighted by molar-refractivity contribution is 0.288. The second-order valence-corrected chi connectivity index (χ2v) is 6.18. The molecule has 0 saturated carbocycles. The van der Waals surface area contributed by atoms with Gasteiger partial charge in [0.1, 0.15) is 18.1 Å². The van der Waals surface area contributed by atoms with Crippen molar-refractivity contribution in [2.75, 3.05) is 6.61 Å². The fourth-order valence-corrected chi connectivity index (χ4v) is 3.15. The smallest absolute Gasteiger partial charge is 0.129 e. The highest BCUT2D eigenvalue weighted by molar-refractivity contribution is 9.10. The molecule has 1 aliphatic heterocycles. The SMILES string of the molecule is CC(N)c1ccccc1OCc1cc(Br)cc2c1OCC2. The van der Waals surface area contributed by atoms with Gasteiger partial charge in [-0.2, -0.15) is 0 Å². The molecule has 0 spiro atoms. The molecule has 0 radical (unpaired) electrons. The lowest BCUT2D eigenvalue weighted by Crippen LogP contribution is -2.08. The monoisotopic (exact) mass is 347 g/mol. The van der Waals surface area contributed by atoms with Crippen LogP contribution in [-0.4, -0.2) is 6.61 Å². The van der Waals surface area contributed by atoms with Crippen molar-refractivity contribution < 1.29 is 9.47 Å². The summed E-state index contributed by atoms with van der Waals surface area (Å²) in [6.07, 6.45) is 0.957. The van der Waals surface area contributed by atoms with Gasteiger partial charge in [0.2, 0.25) is 0 Å². The van der Waals surface area contributed by atoms with Gasteiger partial charge in [-0.3, -0.25) is 0 Å². The van der Waals surface area contributed by atoms with Crippen LogP contribution in [0.1, 0.15) is 29.7 Å². The maximum atomic E-state index is 5.99. The minimum Gasteiger partial charge on any atom is -0.493 e. The number of halogens is 1. The van der Waals surface area contributed by atoms with Crippen LogP contribution in [0.15, 0.2) is 40.9 Å². The van der Waals surface area contributed by atoms with E-state index < -0.39 is 0 Å². The molecule has 0 saturated heterocycles. The highest BCUT2D eigenvalue weighted by atomic mass is 79.9. The van der Waals surface area contributed by atoms with E-state index in [9.17, 15) is 0 Å². The summed E-state index contributed by atoms with van der Waals surface area (Å²) in [4.78, 5) is 0. The van der Waals surface area contributed by atoms with E-state index in [4.69, 9.17) is 15.2 Å². The Kier molecular flexibility index (Phi) is 4.17. The molecule has 110 valence electrons. The molecule has 2 N–H and O–H groups in total. The summed E-state index contributed by atoms with van der Waals surface area (Å²) in [6, 6.07) is 12.0. The van der Waals surface area contributed by atoms with Crippen molar-refractivity contribution in [3.63, 3.8) is 0 Å². The van der Waals surface area contributed by atoms with Crippen LogP contribution in [0.25, 0.3) is 0 Å². The fourth-order valence-electron chi connectivity index (χ4n) is 2.60. The molecule has 4 heteroatoms. The number of hydrogen-bond donors (Lipinski definition) is 1. The summed E-state index contributed by atoms with van der Waals surface area (Å²) in [5, 5.41) is 0. The topological polar surface area (TPSA) is 44.5 Å². The highest BCUT2D eigenvalue weighted by Gasteiger charge is 2.18. The molecule has 0 amide bonds. The van der Waals surface area contributed by atoms with E-state index in [1.807, 2.05) is 31.2 Å². The van der Waals surface area contributed by atoms with Gasteiger partial charge in [0.15, 0.2) is 0 Å². The largest absolute Gasteiger partial charge is 0.493 e. The fraction of sp³-hybridized carbons (Fsp3) is 0.294. The van der Waals surface area contributed by atoms with Crippen molar-refractivity contribution in [1.82, 2.24) is 0 Å². The van der Waals surface area contributed by atoms with Crippen molar-refractivity contribution >= 4 is 15.9 Å². The van der Waals surface area contributed by atoms with Gasteiger partial charge < -0.3 is 15.2 Å². The van der Waals surface area contributed by atoms with Crippen LogP contribution < -0.4 is 15.2 Å². The molecule has 0 fully saturated rings. The van der Waals surface area contributed by atoms with E-state index in [0.717, 1.165) is 40.1 Å². The number of hydrogen-bond acceptors (Lipinski definition) is 3. The molecule has 3 rings (SSSR count). The van der Waals surface area contributed by atoms with Gasteiger partial charge in [-0.05, 0) is 30.7 Å². The van der Waals surface area contributed by atoms with Gasteiger partial charge in [-0.1, -0.05) is 34.1 Å². The third-order valence-electron chi connectivity index (χ3n) is 3.62. The Morgan fingerprint density at radius 1 is 1.33 bits per heavy atom. The Balaban J connectivity index is 1.83. The maximum Gasteiger partial charge on any atom is 0.129 e. The molecule has 21 heavy (non-hydrogen) atoms. The van der Waals surface area contributed by atoms with Gasteiger partial charge in [-0.15, -0.1) is 0 Å². The molecule has 1 atom stereocenters. The third-order valence-corrected chi connectivity index (χ3v) is 4.08. The minimum absolute atomic E-state index is 0.0503. The molecule has 0 aliphatic carbocycles. The first-order valence-electron chi connectivity index (χ1n) is 7.06. The Bertz CT molecular complexity index is 655. The standard InChI is InChI=1S/C17H18BrNO2/c1-11(19)15-4-2-3-5-16(15)21-10-13-9-14(18)8-12-6-7-20-17(12)13/h2-5,8-9,11H,6-7,10,19H2,1H3. The van der Waals surface area contributed by atoms with Crippen LogP contribution in [0, 0.1) is 0 Å². The predicted molar refractivity (Wildman–Crippen MR) is 86.7 cm³/mol. The van der Waals surface area contributed by atoms with Crippen LogP contribution in [0.4, 0.5) is 0 Å². The van der Waals surface area contributed by atoms with E-state index in [0.29, 0.717) is 6.61 Å². The first-order valence-corrected chi connectivity index (χ1v) is 7.86. The van der Waals surface area contributed by atoms with Crippen molar-refractivity contribution in [3.8, 4) is 11.5 Å².